The van der Waals surface area contributed by atoms with Crippen LogP contribution in [0.2, 0.25) is 0 Å². The summed E-state index contributed by atoms with van der Waals surface area (Å²) in [6.07, 6.45) is 0.811. The molecule has 1 aromatic rings. The Morgan fingerprint density at radius 1 is 1.41 bits per heavy atom. The Morgan fingerprint density at radius 2 is 1.95 bits per heavy atom. The zero-order valence-corrected chi connectivity index (χ0v) is 14.1. The topological polar surface area (TPSA) is 88.3 Å². The quantitative estimate of drug-likeness (QED) is 0.635. The minimum absolute atomic E-state index is 0. The molecule has 0 aliphatic rings. The van der Waals surface area contributed by atoms with Gasteiger partial charge in [-0.2, -0.15) is 4.68 Å². The first-order valence-electron chi connectivity index (χ1n) is 6.68. The number of carbonyl (C=O) groups is 2. The van der Waals surface area contributed by atoms with E-state index in [4.69, 9.17) is 5.11 Å². The molecule has 0 radical (unpaired) electrons. The van der Waals surface area contributed by atoms with Crippen molar-refractivity contribution in [3.8, 4) is 0 Å². The Hall–Kier alpha value is 0.0664. The fraction of sp³-hybridized carbons (Fsp3) is 0.692. The van der Waals surface area contributed by atoms with Crippen LogP contribution in [0, 0.1) is 0 Å². The molecule has 1 atom stereocenters. The van der Waals surface area contributed by atoms with Crippen LogP contribution in [-0.2, 0) is 10.2 Å². The number of hydrogen-bond acceptors (Lipinski definition) is 5. The molecule has 0 aliphatic heterocycles. The summed E-state index contributed by atoms with van der Waals surface area (Å²) in [6.45, 7) is 7.54. The van der Waals surface area contributed by atoms with Gasteiger partial charge in [-0.15, -0.1) is 5.10 Å². The number of hydrogen-bond donors (Lipinski definition) is 1. The van der Waals surface area contributed by atoms with Crippen molar-refractivity contribution in [2.24, 2.45) is 0 Å². The Kier molecular flexibility index (Phi) is 8.82. The molecule has 7 nitrogen and oxygen atoms in total. The summed E-state index contributed by atoms with van der Waals surface area (Å²) in [6, 6.07) is -0.347. The molecule has 1 rings (SSSR count). The van der Waals surface area contributed by atoms with Gasteiger partial charge in [0.2, 0.25) is 0 Å². The average molecular weight is 355 g/mol. The predicted molar refractivity (Wildman–Crippen MR) is 87.9 cm³/mol. The minimum atomic E-state index is -0.955. The maximum atomic E-state index is 12.2. The summed E-state index contributed by atoms with van der Waals surface area (Å²) >= 11 is 1.01. The van der Waals surface area contributed by atoms with Crippen molar-refractivity contribution in [3.63, 3.8) is 0 Å². The van der Waals surface area contributed by atoms with Gasteiger partial charge < -0.3 is 10.0 Å². The van der Waals surface area contributed by atoms with Crippen LogP contribution < -0.4 is 0 Å². The van der Waals surface area contributed by atoms with E-state index in [9.17, 15) is 9.59 Å². The zero-order valence-electron chi connectivity index (χ0n) is 13.2. The molecule has 0 saturated heterocycles. The number of carboxylic acids is 1. The summed E-state index contributed by atoms with van der Waals surface area (Å²) in [5.74, 6) is -0.413. The van der Waals surface area contributed by atoms with E-state index in [-0.39, 0.29) is 62.8 Å². The fourth-order valence-corrected chi connectivity index (χ4v) is 2.12. The molecule has 1 aromatic heterocycles. The van der Waals surface area contributed by atoms with Crippen molar-refractivity contribution in [1.29, 1.82) is 0 Å². The maximum absolute atomic E-state index is 12.2. The second-order valence-electron chi connectivity index (χ2n) is 5.64. The Labute approximate surface area is 177 Å². The summed E-state index contributed by atoms with van der Waals surface area (Å²) in [7, 11) is 3.23. The van der Waals surface area contributed by atoms with Crippen molar-refractivity contribution < 1.29 is 14.7 Å². The number of carbonyl (C=O) groups excluding carboxylic acids is 1. The SMILES string of the molecule is CCC(C)(C)c1nc(SC(C)C(=O)O)n(C(=O)N(C)C)n1.[KH]. The van der Waals surface area contributed by atoms with Gasteiger partial charge in [0.15, 0.2) is 11.0 Å². The number of carboxylic acid groups (broad SMARTS) is 1. The van der Waals surface area contributed by atoms with Gasteiger partial charge in [-0.25, -0.2) is 9.78 Å². The Bertz CT molecular complexity index is 545. The van der Waals surface area contributed by atoms with Gasteiger partial charge in [0.05, 0.1) is 0 Å². The van der Waals surface area contributed by atoms with Crippen molar-refractivity contribution >= 4 is 75.1 Å². The van der Waals surface area contributed by atoms with Crippen LogP contribution in [0.5, 0.6) is 0 Å². The zero-order chi connectivity index (χ0) is 16.4. The van der Waals surface area contributed by atoms with Crippen LogP contribution in [0.1, 0.15) is 39.9 Å². The Morgan fingerprint density at radius 3 is 2.36 bits per heavy atom. The molecule has 0 bridgehead atoms. The van der Waals surface area contributed by atoms with E-state index in [1.807, 2.05) is 20.8 Å². The molecule has 0 aliphatic carbocycles. The molecular weight excluding hydrogens is 331 g/mol. The fourth-order valence-electron chi connectivity index (χ4n) is 1.34. The van der Waals surface area contributed by atoms with Crippen LogP contribution in [0.3, 0.4) is 0 Å². The summed E-state index contributed by atoms with van der Waals surface area (Å²) < 4.78 is 1.18. The molecule has 0 saturated carbocycles. The van der Waals surface area contributed by atoms with Crippen LogP contribution in [0.4, 0.5) is 4.79 Å². The van der Waals surface area contributed by atoms with E-state index in [1.165, 1.54) is 9.58 Å². The van der Waals surface area contributed by atoms with E-state index in [0.717, 1.165) is 18.2 Å². The van der Waals surface area contributed by atoms with Gasteiger partial charge in [-0.1, -0.05) is 32.5 Å². The normalized spacial score (nSPS) is 12.5. The van der Waals surface area contributed by atoms with Gasteiger partial charge >= 0.3 is 63.4 Å². The molecule has 1 unspecified atom stereocenters. The number of thioether (sulfide) groups is 1. The molecule has 120 valence electrons. The van der Waals surface area contributed by atoms with E-state index in [1.54, 1.807) is 21.0 Å². The van der Waals surface area contributed by atoms with Gasteiger partial charge in [-0.05, 0) is 13.3 Å². The molecule has 1 N–H and O–H groups in total. The van der Waals surface area contributed by atoms with Gasteiger partial charge in [0.25, 0.3) is 0 Å². The van der Waals surface area contributed by atoms with Crippen LogP contribution in [-0.4, -0.2) is 108 Å². The third-order valence-electron chi connectivity index (χ3n) is 3.26. The van der Waals surface area contributed by atoms with Crippen LogP contribution >= 0.6 is 11.8 Å². The summed E-state index contributed by atoms with van der Waals surface area (Å²) in [5, 5.41) is 12.9. The Balaban J connectivity index is 0.00000441. The number of rotatable bonds is 5. The third-order valence-corrected chi connectivity index (χ3v) is 4.29. The van der Waals surface area contributed by atoms with E-state index in [0.29, 0.717) is 11.0 Å². The molecule has 0 aromatic carbocycles. The molecule has 22 heavy (non-hydrogen) atoms. The molecular formula is C13H23KN4O3S. The first kappa shape index (κ1) is 22.1. The number of aliphatic carboxylic acids is 1. The van der Waals surface area contributed by atoms with Gasteiger partial charge in [-0.3, -0.25) is 4.79 Å². The molecule has 1 amide bonds. The number of amides is 1. The standard InChI is InChI=1S/C13H22N4O3S.K.H/c1-7-13(3,4)10-14-11(21-8(2)9(18)19)17(15-10)12(20)16(5)6;;/h8H,7H2,1-6H3,(H,18,19);;. The average Bonchev–Trinajstić information content (AvgIpc) is 2.82. The first-order valence-corrected chi connectivity index (χ1v) is 7.56. The second-order valence-corrected chi connectivity index (χ2v) is 6.95. The van der Waals surface area contributed by atoms with Gasteiger partial charge in [0, 0.05) is 19.5 Å². The monoisotopic (exact) mass is 354 g/mol. The number of nitrogens with zero attached hydrogens (tertiary/aromatic N) is 4. The van der Waals surface area contributed by atoms with Crippen LogP contribution in [0.25, 0.3) is 0 Å². The second kappa shape index (κ2) is 8.79. The van der Waals surface area contributed by atoms with Crippen molar-refractivity contribution in [2.75, 3.05) is 14.1 Å². The van der Waals surface area contributed by atoms with Gasteiger partial charge in [0.1, 0.15) is 5.25 Å². The molecule has 1 heterocycles. The van der Waals surface area contributed by atoms with Crippen molar-refractivity contribution in [3.05, 3.63) is 5.82 Å². The molecule has 0 spiro atoms. The molecule has 9 heteroatoms. The van der Waals surface area contributed by atoms with Crippen molar-refractivity contribution in [1.82, 2.24) is 19.7 Å². The van der Waals surface area contributed by atoms with E-state index >= 15 is 0 Å². The predicted octanol–water partition coefficient (Wildman–Crippen LogP) is 1.41. The number of aromatic nitrogens is 3. The first-order chi connectivity index (χ1) is 9.60. The third kappa shape index (κ3) is 5.31. The van der Waals surface area contributed by atoms with E-state index < -0.39 is 11.2 Å². The van der Waals surface area contributed by atoms with Crippen LogP contribution in [0.15, 0.2) is 5.16 Å². The molecule has 0 fully saturated rings. The van der Waals surface area contributed by atoms with Crippen molar-refractivity contribution in [2.45, 2.75) is 49.9 Å². The summed E-state index contributed by atoms with van der Waals surface area (Å²) in [5.41, 5.74) is -0.278. The summed E-state index contributed by atoms with van der Waals surface area (Å²) in [4.78, 5) is 28.9. The van der Waals surface area contributed by atoms with E-state index in [2.05, 4.69) is 10.1 Å².